The highest BCUT2D eigenvalue weighted by Gasteiger charge is 2.24. The molecule has 7 heteroatoms. The lowest BCUT2D eigenvalue weighted by Crippen LogP contribution is -2.38. The Labute approximate surface area is 133 Å². The van der Waals surface area contributed by atoms with Crippen LogP contribution in [-0.4, -0.2) is 33.4 Å². The van der Waals surface area contributed by atoms with Gasteiger partial charge >= 0.3 is 12.0 Å². The molecule has 0 spiro atoms. The quantitative estimate of drug-likeness (QED) is 0.911. The van der Waals surface area contributed by atoms with Crippen LogP contribution in [0.5, 0.6) is 0 Å². The smallest absolute Gasteiger partial charge is 0.358 e. The number of rotatable bonds is 3. The van der Waals surface area contributed by atoms with Crippen LogP contribution in [0.15, 0.2) is 30.5 Å². The van der Waals surface area contributed by atoms with Crippen LogP contribution in [0.1, 0.15) is 29.4 Å². The largest absolute Gasteiger partial charge is 0.476 e. The molecular weight excluding hydrogens is 296 g/mol. The molecule has 1 aliphatic rings. The Bertz CT molecular complexity index is 754. The van der Waals surface area contributed by atoms with Crippen LogP contribution < -0.4 is 10.2 Å². The van der Waals surface area contributed by atoms with Crippen molar-refractivity contribution in [3.63, 3.8) is 0 Å². The summed E-state index contributed by atoms with van der Waals surface area (Å²) in [6, 6.07) is 7.42. The monoisotopic (exact) mass is 314 g/mol. The number of fused-ring (bicyclic) bond motifs is 1. The molecule has 0 saturated heterocycles. The first-order valence-corrected chi connectivity index (χ1v) is 7.57. The molecule has 0 radical (unpaired) electrons. The molecule has 23 heavy (non-hydrogen) atoms. The first-order chi connectivity index (χ1) is 11.1. The zero-order valence-electron chi connectivity index (χ0n) is 12.8. The van der Waals surface area contributed by atoms with Crippen molar-refractivity contribution < 1.29 is 14.7 Å². The van der Waals surface area contributed by atoms with Crippen LogP contribution in [0.25, 0.3) is 0 Å². The van der Waals surface area contributed by atoms with Crippen molar-refractivity contribution in [2.75, 3.05) is 16.8 Å². The topological polar surface area (TPSA) is 87.5 Å². The number of amides is 2. The molecule has 2 N–H and O–H groups in total. The van der Waals surface area contributed by atoms with Gasteiger partial charge in [0.1, 0.15) is 0 Å². The Balaban J connectivity index is 1.86. The molecule has 1 aliphatic heterocycles. The van der Waals surface area contributed by atoms with Crippen LogP contribution in [0, 0.1) is 0 Å². The highest BCUT2D eigenvalue weighted by Crippen LogP contribution is 2.27. The van der Waals surface area contributed by atoms with Crippen molar-refractivity contribution in [2.24, 2.45) is 0 Å². The number of hydrogen-bond acceptors (Lipinski definition) is 3. The zero-order chi connectivity index (χ0) is 16.4. The van der Waals surface area contributed by atoms with Gasteiger partial charge < -0.3 is 10.4 Å². The van der Waals surface area contributed by atoms with Gasteiger partial charge in [-0.15, -0.1) is 0 Å². The molecule has 2 amide bonds. The Hall–Kier alpha value is -2.83. The van der Waals surface area contributed by atoms with Gasteiger partial charge in [0.2, 0.25) is 0 Å². The number of carboxylic acid groups (broad SMARTS) is 1. The fraction of sp³-hybridized carbons (Fsp3) is 0.312. The van der Waals surface area contributed by atoms with Gasteiger partial charge in [-0.2, -0.15) is 5.10 Å². The van der Waals surface area contributed by atoms with Gasteiger partial charge in [0, 0.05) is 25.0 Å². The van der Waals surface area contributed by atoms with E-state index in [1.165, 1.54) is 10.9 Å². The summed E-state index contributed by atoms with van der Waals surface area (Å²) in [6.45, 7) is 2.99. The summed E-state index contributed by atoms with van der Waals surface area (Å²) in [5.41, 5.74) is 2.06. The number of carboxylic acids is 1. The average molecular weight is 314 g/mol. The molecule has 0 fully saturated rings. The minimum atomic E-state index is -1.16. The second kappa shape index (κ2) is 6.12. The number of aryl methyl sites for hydroxylation is 2. The number of aromatic carboxylic acids is 1. The summed E-state index contributed by atoms with van der Waals surface area (Å²) in [6.07, 6.45) is 3.36. The Kier molecular flexibility index (Phi) is 4.01. The number of carbonyl (C=O) groups excluding carboxylic acids is 1. The minimum absolute atomic E-state index is 0.148. The van der Waals surface area contributed by atoms with Crippen LogP contribution in [0.2, 0.25) is 0 Å². The predicted octanol–water partition coefficient (Wildman–Crippen LogP) is 2.59. The lowest BCUT2D eigenvalue weighted by atomic mass is 10.0. The van der Waals surface area contributed by atoms with Crippen molar-refractivity contribution in [1.29, 1.82) is 0 Å². The van der Waals surface area contributed by atoms with Gasteiger partial charge in [0.25, 0.3) is 0 Å². The van der Waals surface area contributed by atoms with E-state index in [1.54, 1.807) is 4.90 Å². The molecule has 120 valence electrons. The first kappa shape index (κ1) is 15.1. The van der Waals surface area contributed by atoms with Crippen LogP contribution in [0.3, 0.4) is 0 Å². The molecule has 2 heterocycles. The maximum atomic E-state index is 12.6. The van der Waals surface area contributed by atoms with Gasteiger partial charge in [0.15, 0.2) is 5.69 Å². The third-order valence-electron chi connectivity index (χ3n) is 3.89. The van der Waals surface area contributed by atoms with Crippen LogP contribution >= 0.6 is 0 Å². The van der Waals surface area contributed by atoms with Crippen LogP contribution in [-0.2, 0) is 13.0 Å². The summed E-state index contributed by atoms with van der Waals surface area (Å²) >= 11 is 0. The van der Waals surface area contributed by atoms with Gasteiger partial charge in [-0.1, -0.05) is 18.2 Å². The number of nitrogens with one attached hydrogen (secondary N) is 1. The van der Waals surface area contributed by atoms with Gasteiger partial charge in [0.05, 0.1) is 5.69 Å². The number of anilines is 2. The summed E-state index contributed by atoms with van der Waals surface area (Å²) in [4.78, 5) is 25.5. The molecule has 0 unspecified atom stereocenters. The summed E-state index contributed by atoms with van der Waals surface area (Å²) < 4.78 is 1.49. The highest BCUT2D eigenvalue weighted by atomic mass is 16.4. The van der Waals surface area contributed by atoms with E-state index in [0.717, 1.165) is 24.1 Å². The fourth-order valence-corrected chi connectivity index (χ4v) is 2.76. The van der Waals surface area contributed by atoms with E-state index in [9.17, 15) is 14.7 Å². The third kappa shape index (κ3) is 2.90. The maximum absolute atomic E-state index is 12.6. The number of aromatic nitrogens is 2. The van der Waals surface area contributed by atoms with Crippen molar-refractivity contribution in [2.45, 2.75) is 26.3 Å². The number of para-hydroxylation sites is 1. The van der Waals surface area contributed by atoms with E-state index in [1.807, 2.05) is 31.2 Å². The molecular formula is C16H18N4O3. The number of benzene rings is 1. The van der Waals surface area contributed by atoms with Crippen molar-refractivity contribution >= 4 is 23.4 Å². The molecule has 2 aromatic rings. The number of carbonyl (C=O) groups is 2. The van der Waals surface area contributed by atoms with E-state index in [4.69, 9.17) is 0 Å². The number of urea groups is 1. The minimum Gasteiger partial charge on any atom is -0.476 e. The van der Waals surface area contributed by atoms with Gasteiger partial charge in [-0.25, -0.2) is 9.59 Å². The Morgan fingerprint density at radius 3 is 2.87 bits per heavy atom. The second-order valence-electron chi connectivity index (χ2n) is 5.37. The molecule has 7 nitrogen and oxygen atoms in total. The average Bonchev–Trinajstić information content (AvgIpc) is 2.97. The predicted molar refractivity (Wildman–Crippen MR) is 86.0 cm³/mol. The molecule has 0 atom stereocenters. The van der Waals surface area contributed by atoms with E-state index in [2.05, 4.69) is 10.4 Å². The van der Waals surface area contributed by atoms with Gasteiger partial charge in [-0.05, 0) is 31.4 Å². The second-order valence-corrected chi connectivity index (χ2v) is 5.37. The number of nitrogens with zero attached hydrogens (tertiary/aromatic N) is 3. The van der Waals surface area contributed by atoms with Crippen molar-refractivity contribution in [1.82, 2.24) is 9.78 Å². The molecule has 0 saturated carbocycles. The molecule has 0 bridgehead atoms. The SMILES string of the molecule is CCn1cc(NC(=O)N2CCCc3ccccc32)c(C(=O)O)n1. The highest BCUT2D eigenvalue weighted by molar-refractivity contribution is 6.05. The van der Waals surface area contributed by atoms with E-state index >= 15 is 0 Å². The summed E-state index contributed by atoms with van der Waals surface area (Å²) in [5, 5.41) is 15.8. The maximum Gasteiger partial charge on any atom is 0.358 e. The standard InChI is InChI=1S/C16H18N4O3/c1-2-19-10-12(14(18-19)15(21)22)17-16(23)20-9-5-7-11-6-3-4-8-13(11)20/h3-4,6,8,10H,2,5,7,9H2,1H3,(H,17,23)(H,21,22). The first-order valence-electron chi connectivity index (χ1n) is 7.57. The Morgan fingerprint density at radius 1 is 1.35 bits per heavy atom. The lowest BCUT2D eigenvalue weighted by molar-refractivity contribution is 0.0690. The lowest BCUT2D eigenvalue weighted by Gasteiger charge is -2.29. The molecule has 1 aromatic carbocycles. The fourth-order valence-electron chi connectivity index (χ4n) is 2.76. The van der Waals surface area contributed by atoms with E-state index in [-0.39, 0.29) is 17.4 Å². The molecule has 0 aliphatic carbocycles. The van der Waals surface area contributed by atoms with Gasteiger partial charge in [-0.3, -0.25) is 9.58 Å². The normalized spacial score (nSPS) is 13.5. The van der Waals surface area contributed by atoms with Crippen molar-refractivity contribution in [3.8, 4) is 0 Å². The van der Waals surface area contributed by atoms with E-state index in [0.29, 0.717) is 13.1 Å². The van der Waals surface area contributed by atoms with Crippen molar-refractivity contribution in [3.05, 3.63) is 41.7 Å². The van der Waals surface area contributed by atoms with E-state index < -0.39 is 5.97 Å². The zero-order valence-corrected chi connectivity index (χ0v) is 12.8. The number of hydrogen-bond donors (Lipinski definition) is 2. The van der Waals surface area contributed by atoms with Crippen LogP contribution in [0.4, 0.5) is 16.2 Å². The third-order valence-corrected chi connectivity index (χ3v) is 3.89. The Morgan fingerprint density at radius 2 is 2.13 bits per heavy atom. The molecule has 3 rings (SSSR count). The summed E-state index contributed by atoms with van der Waals surface area (Å²) in [5.74, 6) is -1.16. The molecule has 1 aromatic heterocycles. The summed E-state index contributed by atoms with van der Waals surface area (Å²) in [7, 11) is 0.